The smallest absolute Gasteiger partial charge is 0.0276 e. The standard InChI is InChI=1S/C13H20/c1-4-6-11(2)9-10-13-8-5-7-12(13)3/h9-10H,2,4-8H2,1,3H3/b10-9-. The summed E-state index contributed by atoms with van der Waals surface area (Å²) in [7, 11) is 0. The van der Waals surface area contributed by atoms with Crippen molar-refractivity contribution in [2.45, 2.75) is 46.0 Å². The Balaban J connectivity index is 2.48. The van der Waals surface area contributed by atoms with Gasteiger partial charge in [0, 0.05) is 0 Å². The van der Waals surface area contributed by atoms with Gasteiger partial charge in [0.25, 0.3) is 0 Å². The molecule has 13 heavy (non-hydrogen) atoms. The minimum atomic E-state index is 1.13. The van der Waals surface area contributed by atoms with E-state index in [0.717, 1.165) is 6.42 Å². The van der Waals surface area contributed by atoms with Crippen LogP contribution in [0.25, 0.3) is 0 Å². The van der Waals surface area contributed by atoms with Crippen LogP contribution < -0.4 is 0 Å². The lowest BCUT2D eigenvalue weighted by Gasteiger charge is -1.97. The van der Waals surface area contributed by atoms with E-state index in [9.17, 15) is 0 Å². The number of hydrogen-bond donors (Lipinski definition) is 0. The molecule has 0 aromatic heterocycles. The van der Waals surface area contributed by atoms with E-state index in [4.69, 9.17) is 0 Å². The monoisotopic (exact) mass is 176 g/mol. The van der Waals surface area contributed by atoms with E-state index in [1.165, 1.54) is 36.8 Å². The Labute approximate surface area is 82.0 Å². The van der Waals surface area contributed by atoms with Crippen molar-refractivity contribution in [2.75, 3.05) is 0 Å². The van der Waals surface area contributed by atoms with Gasteiger partial charge in [-0.25, -0.2) is 0 Å². The molecule has 0 heterocycles. The molecule has 0 radical (unpaired) electrons. The van der Waals surface area contributed by atoms with Gasteiger partial charge < -0.3 is 0 Å². The predicted octanol–water partition coefficient (Wildman–Crippen LogP) is 4.40. The minimum Gasteiger partial charge on any atom is -0.0958 e. The molecule has 1 rings (SSSR count). The third-order valence-corrected chi connectivity index (χ3v) is 2.64. The van der Waals surface area contributed by atoms with Crippen molar-refractivity contribution in [2.24, 2.45) is 0 Å². The van der Waals surface area contributed by atoms with Crippen molar-refractivity contribution in [3.63, 3.8) is 0 Å². The van der Waals surface area contributed by atoms with Crippen molar-refractivity contribution < 1.29 is 0 Å². The van der Waals surface area contributed by atoms with Gasteiger partial charge in [-0.05, 0) is 38.2 Å². The summed E-state index contributed by atoms with van der Waals surface area (Å²) in [5, 5.41) is 0. The maximum atomic E-state index is 4.02. The average Bonchev–Trinajstić information content (AvgIpc) is 2.48. The zero-order chi connectivity index (χ0) is 9.68. The van der Waals surface area contributed by atoms with Crippen LogP contribution in [0.15, 0.2) is 35.5 Å². The van der Waals surface area contributed by atoms with Crippen LogP contribution in [-0.2, 0) is 0 Å². The van der Waals surface area contributed by atoms with Crippen LogP contribution in [0.1, 0.15) is 46.0 Å². The lowest BCUT2D eigenvalue weighted by molar-refractivity contribution is 0.898. The summed E-state index contributed by atoms with van der Waals surface area (Å²) in [4.78, 5) is 0. The molecule has 0 atom stereocenters. The molecule has 0 bridgehead atoms. The van der Waals surface area contributed by atoms with Gasteiger partial charge in [-0.3, -0.25) is 0 Å². The molecule has 0 saturated heterocycles. The molecule has 0 aromatic rings. The van der Waals surface area contributed by atoms with Crippen molar-refractivity contribution in [3.05, 3.63) is 35.5 Å². The molecule has 0 nitrogen and oxygen atoms in total. The Morgan fingerprint density at radius 1 is 1.46 bits per heavy atom. The SMILES string of the molecule is C=C(/C=C\C1=C(C)CCC1)CCC. The first kappa shape index (κ1) is 10.3. The molecule has 0 aromatic carbocycles. The lowest BCUT2D eigenvalue weighted by Crippen LogP contribution is -1.77. The molecule has 0 N–H and O–H groups in total. The second-order valence-corrected chi connectivity index (χ2v) is 3.90. The van der Waals surface area contributed by atoms with Crippen molar-refractivity contribution in [3.8, 4) is 0 Å². The fraction of sp³-hybridized carbons (Fsp3) is 0.538. The Kier molecular flexibility index (Phi) is 4.01. The molecule has 0 spiro atoms. The first-order valence-corrected chi connectivity index (χ1v) is 5.28. The lowest BCUT2D eigenvalue weighted by atomic mass is 10.1. The summed E-state index contributed by atoms with van der Waals surface area (Å²) in [6, 6.07) is 0. The molecule has 0 heteroatoms. The molecule has 72 valence electrons. The summed E-state index contributed by atoms with van der Waals surface area (Å²) in [5.74, 6) is 0. The molecule has 0 saturated carbocycles. The summed E-state index contributed by atoms with van der Waals surface area (Å²) >= 11 is 0. The molecule has 0 aliphatic heterocycles. The van der Waals surface area contributed by atoms with Crippen molar-refractivity contribution in [1.82, 2.24) is 0 Å². The Morgan fingerprint density at radius 2 is 2.23 bits per heavy atom. The van der Waals surface area contributed by atoms with Gasteiger partial charge in [0.05, 0.1) is 0 Å². The molecule has 1 aliphatic carbocycles. The van der Waals surface area contributed by atoms with Gasteiger partial charge in [-0.1, -0.05) is 43.2 Å². The number of hydrogen-bond acceptors (Lipinski definition) is 0. The molecule has 0 unspecified atom stereocenters. The average molecular weight is 176 g/mol. The van der Waals surface area contributed by atoms with Crippen LogP contribution in [0.5, 0.6) is 0 Å². The van der Waals surface area contributed by atoms with Gasteiger partial charge in [0.2, 0.25) is 0 Å². The third kappa shape index (κ3) is 3.22. The Morgan fingerprint density at radius 3 is 2.77 bits per heavy atom. The van der Waals surface area contributed by atoms with Gasteiger partial charge in [0.1, 0.15) is 0 Å². The Hall–Kier alpha value is -0.780. The highest BCUT2D eigenvalue weighted by atomic mass is 14.1. The first-order valence-electron chi connectivity index (χ1n) is 5.28. The van der Waals surface area contributed by atoms with Gasteiger partial charge >= 0.3 is 0 Å². The summed E-state index contributed by atoms with van der Waals surface area (Å²) < 4.78 is 0. The van der Waals surface area contributed by atoms with E-state index in [1.807, 2.05) is 0 Å². The molecular formula is C13H20. The van der Waals surface area contributed by atoms with Crippen LogP contribution in [0, 0.1) is 0 Å². The van der Waals surface area contributed by atoms with E-state index in [-0.39, 0.29) is 0 Å². The first-order chi connectivity index (χ1) is 6.24. The number of rotatable bonds is 4. The van der Waals surface area contributed by atoms with Gasteiger partial charge in [-0.15, -0.1) is 0 Å². The summed E-state index contributed by atoms with van der Waals surface area (Å²) in [5.41, 5.74) is 4.37. The fourth-order valence-electron chi connectivity index (χ4n) is 1.77. The second-order valence-electron chi connectivity index (χ2n) is 3.90. The van der Waals surface area contributed by atoms with Crippen LogP contribution in [0.3, 0.4) is 0 Å². The molecule has 0 fully saturated rings. The normalized spacial score (nSPS) is 17.4. The van der Waals surface area contributed by atoms with E-state index >= 15 is 0 Å². The van der Waals surface area contributed by atoms with E-state index in [2.05, 4.69) is 32.6 Å². The topological polar surface area (TPSA) is 0 Å². The minimum absolute atomic E-state index is 1.13. The maximum Gasteiger partial charge on any atom is -0.0276 e. The van der Waals surface area contributed by atoms with E-state index < -0.39 is 0 Å². The highest BCUT2D eigenvalue weighted by molar-refractivity contribution is 5.32. The zero-order valence-corrected chi connectivity index (χ0v) is 8.90. The molecular weight excluding hydrogens is 156 g/mol. The Bertz CT molecular complexity index is 241. The van der Waals surface area contributed by atoms with Crippen molar-refractivity contribution in [1.29, 1.82) is 0 Å². The summed E-state index contributed by atoms with van der Waals surface area (Å²) in [6.07, 6.45) is 10.7. The number of allylic oxidation sites excluding steroid dienone is 5. The fourth-order valence-corrected chi connectivity index (χ4v) is 1.77. The van der Waals surface area contributed by atoms with Gasteiger partial charge in [0.15, 0.2) is 0 Å². The molecule has 0 amide bonds. The molecule has 1 aliphatic rings. The maximum absolute atomic E-state index is 4.02. The second kappa shape index (κ2) is 5.06. The van der Waals surface area contributed by atoms with Crippen LogP contribution in [0.2, 0.25) is 0 Å². The zero-order valence-electron chi connectivity index (χ0n) is 8.90. The van der Waals surface area contributed by atoms with Crippen molar-refractivity contribution >= 4 is 0 Å². The third-order valence-electron chi connectivity index (χ3n) is 2.64. The van der Waals surface area contributed by atoms with Gasteiger partial charge in [-0.2, -0.15) is 0 Å². The van der Waals surface area contributed by atoms with E-state index in [1.54, 1.807) is 5.57 Å². The summed E-state index contributed by atoms with van der Waals surface area (Å²) in [6.45, 7) is 8.46. The van der Waals surface area contributed by atoms with Crippen LogP contribution >= 0.6 is 0 Å². The predicted molar refractivity (Wildman–Crippen MR) is 59.7 cm³/mol. The van der Waals surface area contributed by atoms with Crippen LogP contribution in [0.4, 0.5) is 0 Å². The van der Waals surface area contributed by atoms with E-state index in [0.29, 0.717) is 0 Å². The largest absolute Gasteiger partial charge is 0.0958 e. The highest BCUT2D eigenvalue weighted by Crippen LogP contribution is 2.26. The highest BCUT2D eigenvalue weighted by Gasteiger charge is 2.06. The van der Waals surface area contributed by atoms with Crippen LogP contribution in [-0.4, -0.2) is 0 Å². The quantitative estimate of drug-likeness (QED) is 0.557.